The van der Waals surface area contributed by atoms with Gasteiger partial charge in [-0.05, 0) is 55.2 Å². The van der Waals surface area contributed by atoms with Gasteiger partial charge in [0.25, 0.3) is 0 Å². The third-order valence-corrected chi connectivity index (χ3v) is 5.61. The summed E-state index contributed by atoms with van der Waals surface area (Å²) in [4.78, 5) is 14.7. The van der Waals surface area contributed by atoms with E-state index in [0.29, 0.717) is 25.6 Å². The lowest BCUT2D eigenvalue weighted by Crippen LogP contribution is -2.38. The van der Waals surface area contributed by atoms with Crippen molar-refractivity contribution in [3.8, 4) is 17.6 Å². The molecule has 5 heteroatoms. The first-order chi connectivity index (χ1) is 12.2. The van der Waals surface area contributed by atoms with Crippen LogP contribution in [0.1, 0.15) is 43.6 Å². The van der Waals surface area contributed by atoms with E-state index >= 15 is 0 Å². The van der Waals surface area contributed by atoms with Gasteiger partial charge in [0.2, 0.25) is 5.91 Å². The topological polar surface area (TPSA) is 62.6 Å². The molecule has 0 bridgehead atoms. The summed E-state index contributed by atoms with van der Waals surface area (Å²) in [5, 5.41) is 9.01. The molecule has 0 radical (unpaired) electrons. The quantitative estimate of drug-likeness (QED) is 0.845. The molecule has 1 saturated carbocycles. The molecular formula is C20H24N2O3. The van der Waals surface area contributed by atoms with Gasteiger partial charge in [0, 0.05) is 25.4 Å². The number of rotatable bonds is 4. The number of hydrogen-bond acceptors (Lipinski definition) is 4. The molecule has 2 heterocycles. The van der Waals surface area contributed by atoms with Gasteiger partial charge in [-0.25, -0.2) is 0 Å². The summed E-state index contributed by atoms with van der Waals surface area (Å²) in [6.45, 7) is 2.61. The van der Waals surface area contributed by atoms with Gasteiger partial charge < -0.3 is 14.4 Å². The maximum absolute atomic E-state index is 12.8. The Morgan fingerprint density at radius 2 is 1.88 bits per heavy atom. The lowest BCUT2D eigenvalue weighted by molar-refractivity contribution is -0.132. The first-order valence-electron chi connectivity index (χ1n) is 9.31. The van der Waals surface area contributed by atoms with Crippen LogP contribution in [0.25, 0.3) is 0 Å². The van der Waals surface area contributed by atoms with Crippen LogP contribution in [0.3, 0.4) is 0 Å². The van der Waals surface area contributed by atoms with Crippen LogP contribution < -0.4 is 9.47 Å². The van der Waals surface area contributed by atoms with Crippen LogP contribution in [0.2, 0.25) is 0 Å². The van der Waals surface area contributed by atoms with Gasteiger partial charge in [0.05, 0.1) is 6.07 Å². The van der Waals surface area contributed by atoms with Crippen LogP contribution in [0.15, 0.2) is 18.2 Å². The number of amides is 1. The minimum Gasteiger partial charge on any atom is -0.486 e. The molecule has 2 aliphatic heterocycles. The fraction of sp³-hybridized carbons (Fsp3) is 0.600. The Bertz CT molecular complexity index is 685. The molecule has 1 aromatic rings. The zero-order valence-corrected chi connectivity index (χ0v) is 14.4. The molecule has 0 spiro atoms. The van der Waals surface area contributed by atoms with Crippen LogP contribution in [-0.4, -0.2) is 37.1 Å². The molecule has 132 valence electrons. The lowest BCUT2D eigenvalue weighted by atomic mass is 9.89. The van der Waals surface area contributed by atoms with Crippen molar-refractivity contribution in [2.24, 2.45) is 11.8 Å². The SMILES string of the molecule is N#CC1CCN(C(=O)CC(c2ccc3c(c2)OCCO3)C2CC2)CC1. The van der Waals surface area contributed by atoms with Crippen molar-refractivity contribution in [2.75, 3.05) is 26.3 Å². The summed E-state index contributed by atoms with van der Waals surface area (Å²) >= 11 is 0. The highest BCUT2D eigenvalue weighted by Crippen LogP contribution is 2.46. The number of benzene rings is 1. The van der Waals surface area contributed by atoms with E-state index in [-0.39, 0.29) is 17.7 Å². The van der Waals surface area contributed by atoms with Gasteiger partial charge in [-0.1, -0.05) is 6.07 Å². The highest BCUT2D eigenvalue weighted by Gasteiger charge is 2.35. The van der Waals surface area contributed by atoms with Gasteiger partial charge in [-0.15, -0.1) is 0 Å². The van der Waals surface area contributed by atoms with E-state index < -0.39 is 0 Å². The maximum atomic E-state index is 12.8. The molecule has 0 N–H and O–H groups in total. The molecule has 1 aliphatic carbocycles. The average Bonchev–Trinajstić information content (AvgIpc) is 3.50. The summed E-state index contributed by atoms with van der Waals surface area (Å²) in [5.41, 5.74) is 1.19. The second-order valence-corrected chi connectivity index (χ2v) is 7.34. The highest BCUT2D eigenvalue weighted by atomic mass is 16.6. The number of carbonyl (C=O) groups is 1. The number of likely N-dealkylation sites (tertiary alicyclic amines) is 1. The zero-order chi connectivity index (χ0) is 17.2. The summed E-state index contributed by atoms with van der Waals surface area (Å²) < 4.78 is 11.3. The molecular weight excluding hydrogens is 316 g/mol. The van der Waals surface area contributed by atoms with E-state index in [4.69, 9.17) is 14.7 Å². The second kappa shape index (κ2) is 6.95. The van der Waals surface area contributed by atoms with Gasteiger partial charge >= 0.3 is 0 Å². The summed E-state index contributed by atoms with van der Waals surface area (Å²) in [5.74, 6) is 2.80. The molecule has 1 aromatic carbocycles. The van der Waals surface area contributed by atoms with Crippen molar-refractivity contribution in [1.82, 2.24) is 4.90 Å². The molecule has 1 atom stereocenters. The van der Waals surface area contributed by atoms with Gasteiger partial charge in [-0.2, -0.15) is 5.26 Å². The predicted octanol–water partition coefficient (Wildman–Crippen LogP) is 3.10. The van der Waals surface area contributed by atoms with Crippen LogP contribution in [0.5, 0.6) is 11.5 Å². The fourth-order valence-corrected chi connectivity index (χ4v) is 3.92. The zero-order valence-electron chi connectivity index (χ0n) is 14.4. The third-order valence-electron chi connectivity index (χ3n) is 5.61. The van der Waals surface area contributed by atoms with Gasteiger partial charge in [0.1, 0.15) is 13.2 Å². The number of piperidine rings is 1. The number of ether oxygens (including phenoxy) is 2. The molecule has 3 aliphatic rings. The van der Waals surface area contributed by atoms with Crippen molar-refractivity contribution in [3.05, 3.63) is 23.8 Å². The van der Waals surface area contributed by atoms with E-state index in [0.717, 1.165) is 37.4 Å². The van der Waals surface area contributed by atoms with E-state index in [1.54, 1.807) is 0 Å². The normalized spacial score (nSPS) is 21.5. The molecule has 2 fully saturated rings. The van der Waals surface area contributed by atoms with Gasteiger partial charge in [-0.3, -0.25) is 4.79 Å². The Kier molecular flexibility index (Phi) is 4.52. The van der Waals surface area contributed by atoms with Crippen molar-refractivity contribution < 1.29 is 14.3 Å². The van der Waals surface area contributed by atoms with Crippen LogP contribution in [0, 0.1) is 23.2 Å². The minimum atomic E-state index is 0.112. The fourth-order valence-electron chi connectivity index (χ4n) is 3.92. The average molecular weight is 340 g/mol. The molecule has 25 heavy (non-hydrogen) atoms. The predicted molar refractivity (Wildman–Crippen MR) is 92.4 cm³/mol. The first-order valence-corrected chi connectivity index (χ1v) is 9.31. The Morgan fingerprint density at radius 3 is 2.56 bits per heavy atom. The molecule has 1 amide bonds. The molecule has 1 unspecified atom stereocenters. The van der Waals surface area contributed by atoms with E-state index in [2.05, 4.69) is 18.2 Å². The monoisotopic (exact) mass is 340 g/mol. The molecule has 4 rings (SSSR count). The number of fused-ring (bicyclic) bond motifs is 1. The number of hydrogen-bond donors (Lipinski definition) is 0. The number of nitriles is 1. The number of nitrogens with zero attached hydrogens (tertiary/aromatic N) is 2. The Hall–Kier alpha value is -2.22. The number of carbonyl (C=O) groups excluding carboxylic acids is 1. The lowest BCUT2D eigenvalue weighted by Gasteiger charge is -2.31. The maximum Gasteiger partial charge on any atom is 0.223 e. The standard InChI is InChI=1S/C20H24N2O3/c21-13-14-5-7-22(8-6-14)20(23)12-17(15-1-2-15)16-3-4-18-19(11-16)25-10-9-24-18/h3-4,11,14-15,17H,1-2,5-10,12H2. The van der Waals surface area contributed by atoms with E-state index in [1.165, 1.54) is 18.4 Å². The summed E-state index contributed by atoms with van der Waals surface area (Å²) in [7, 11) is 0. The highest BCUT2D eigenvalue weighted by molar-refractivity contribution is 5.77. The summed E-state index contributed by atoms with van der Waals surface area (Å²) in [6, 6.07) is 8.45. The van der Waals surface area contributed by atoms with Crippen molar-refractivity contribution in [3.63, 3.8) is 0 Å². The van der Waals surface area contributed by atoms with Gasteiger partial charge in [0.15, 0.2) is 11.5 Å². The summed E-state index contributed by atoms with van der Waals surface area (Å²) in [6.07, 6.45) is 4.56. The Balaban J connectivity index is 1.45. The molecule has 0 aromatic heterocycles. The largest absolute Gasteiger partial charge is 0.486 e. The minimum absolute atomic E-state index is 0.112. The van der Waals surface area contributed by atoms with E-state index in [9.17, 15) is 4.79 Å². The second-order valence-electron chi connectivity index (χ2n) is 7.34. The van der Waals surface area contributed by atoms with Crippen LogP contribution in [0.4, 0.5) is 0 Å². The molecule has 1 saturated heterocycles. The van der Waals surface area contributed by atoms with Crippen LogP contribution in [-0.2, 0) is 4.79 Å². The molecule has 5 nitrogen and oxygen atoms in total. The Labute approximate surface area is 148 Å². The van der Waals surface area contributed by atoms with E-state index in [1.807, 2.05) is 11.0 Å². The Morgan fingerprint density at radius 1 is 1.16 bits per heavy atom. The van der Waals surface area contributed by atoms with Crippen molar-refractivity contribution in [1.29, 1.82) is 5.26 Å². The first kappa shape index (κ1) is 16.3. The smallest absolute Gasteiger partial charge is 0.223 e. The van der Waals surface area contributed by atoms with Crippen molar-refractivity contribution in [2.45, 2.75) is 38.0 Å². The van der Waals surface area contributed by atoms with Crippen LogP contribution >= 0.6 is 0 Å². The van der Waals surface area contributed by atoms with Crippen molar-refractivity contribution >= 4 is 5.91 Å². The third kappa shape index (κ3) is 3.58.